The molecule has 0 bridgehead atoms. The van der Waals surface area contributed by atoms with Crippen LogP contribution in [0.2, 0.25) is 5.02 Å². The van der Waals surface area contributed by atoms with E-state index in [1.165, 1.54) is 0 Å². The number of alkyl halides is 6. The lowest BCUT2D eigenvalue weighted by molar-refractivity contribution is -0.335. The van der Waals surface area contributed by atoms with Gasteiger partial charge in [0.05, 0.1) is 19.5 Å². The number of carbonyl (C=O) groups is 3. The number of aryl methyl sites for hydroxylation is 1. The van der Waals surface area contributed by atoms with Crippen LogP contribution in [0.4, 0.5) is 31.1 Å². The van der Waals surface area contributed by atoms with Crippen LogP contribution in [-0.2, 0) is 24.7 Å². The van der Waals surface area contributed by atoms with Gasteiger partial charge in [-0.3, -0.25) is 14.5 Å². The van der Waals surface area contributed by atoms with E-state index < -0.39 is 72.8 Å². The molecule has 1 aliphatic carbocycles. The van der Waals surface area contributed by atoms with Crippen LogP contribution in [0.3, 0.4) is 0 Å². The van der Waals surface area contributed by atoms with Crippen molar-refractivity contribution in [1.82, 2.24) is 9.80 Å². The number of piperidine rings is 1. The van der Waals surface area contributed by atoms with E-state index in [1.54, 1.807) is 78.9 Å². The van der Waals surface area contributed by atoms with E-state index in [-0.39, 0.29) is 22.1 Å². The molecule has 59 heavy (non-hydrogen) atoms. The highest BCUT2D eigenvalue weighted by Gasteiger charge is 2.75. The number of rotatable bonds is 10. The molecule has 2 atom stereocenters. The molecule has 1 saturated heterocycles. The summed E-state index contributed by atoms with van der Waals surface area (Å²) in [6, 6.07) is 34.6. The maximum Gasteiger partial charge on any atom is 0.410 e. The van der Waals surface area contributed by atoms with Crippen molar-refractivity contribution < 1.29 is 50.2 Å². The number of hydrogen-bond acceptors (Lipinski definition) is 5. The van der Waals surface area contributed by atoms with Crippen LogP contribution < -0.4 is 0 Å². The highest BCUT2D eigenvalue weighted by atomic mass is 35.5. The Labute approximate surface area is 341 Å². The number of amides is 2. The standard InChI is InChI=1S/C45H37ClF6N2O5/c1-28-20-22-30(23-21-28)44(29-12-4-3-5-13-29,36-18-10-11-19-37(36)46)59-39(55)24-38(40(56)54-26-42(47,48)45(51,52)43(49,50)27-54)53(2)41(57)58-25-35-33-16-8-6-14-31(33)32-15-7-9-17-34(32)35/h3-23,35,38H,24-27H2,1-2H3/t38-,44?/m0/s1. The van der Waals surface area contributed by atoms with E-state index >= 15 is 0 Å². The van der Waals surface area contributed by atoms with Crippen LogP contribution in [0.15, 0.2) is 127 Å². The fourth-order valence-corrected chi connectivity index (χ4v) is 8.08. The summed E-state index contributed by atoms with van der Waals surface area (Å²) in [4.78, 5) is 42.9. The Balaban J connectivity index is 1.25. The monoisotopic (exact) mass is 834 g/mol. The van der Waals surface area contributed by atoms with E-state index in [0.717, 1.165) is 34.9 Å². The molecule has 1 fully saturated rings. The summed E-state index contributed by atoms with van der Waals surface area (Å²) >= 11 is 6.78. The fraction of sp³-hybridized carbons (Fsp3) is 0.267. The van der Waals surface area contributed by atoms with E-state index in [1.807, 2.05) is 55.5 Å². The molecule has 0 spiro atoms. The van der Waals surface area contributed by atoms with Gasteiger partial charge in [0, 0.05) is 34.7 Å². The van der Waals surface area contributed by atoms with Crippen molar-refractivity contribution in [2.45, 2.75) is 48.7 Å². The minimum absolute atomic E-state index is 0.166. The lowest BCUT2D eigenvalue weighted by atomic mass is 9.79. The zero-order chi connectivity index (χ0) is 42.3. The zero-order valence-electron chi connectivity index (χ0n) is 31.7. The van der Waals surface area contributed by atoms with Crippen LogP contribution in [0.5, 0.6) is 0 Å². The van der Waals surface area contributed by atoms with Crippen molar-refractivity contribution in [3.8, 4) is 11.1 Å². The largest absolute Gasteiger partial charge is 0.448 e. The van der Waals surface area contributed by atoms with Crippen LogP contribution in [0.1, 0.15) is 45.7 Å². The third kappa shape index (κ3) is 7.41. The van der Waals surface area contributed by atoms with Gasteiger partial charge in [0.1, 0.15) is 12.6 Å². The van der Waals surface area contributed by atoms with Gasteiger partial charge in [0.2, 0.25) is 5.91 Å². The zero-order valence-corrected chi connectivity index (χ0v) is 32.4. The number of nitrogens with zero attached hydrogens (tertiary/aromatic N) is 2. The third-order valence-corrected chi connectivity index (χ3v) is 11.2. The molecule has 0 saturated carbocycles. The van der Waals surface area contributed by atoms with Gasteiger partial charge in [-0.15, -0.1) is 0 Å². The second-order valence-electron chi connectivity index (χ2n) is 14.7. The summed E-state index contributed by atoms with van der Waals surface area (Å²) in [6.45, 7) is -2.66. The van der Waals surface area contributed by atoms with E-state index in [4.69, 9.17) is 21.1 Å². The Kier molecular flexibility index (Phi) is 11.0. The van der Waals surface area contributed by atoms with Gasteiger partial charge in [-0.25, -0.2) is 4.79 Å². The molecule has 1 heterocycles. The molecule has 7 rings (SSSR count). The SMILES string of the molecule is Cc1ccc(C(OC(=O)C[C@@H](C(=O)N2CC(F)(F)C(F)(F)C(F)(F)C2)N(C)C(=O)OCC2c3ccccc3-c3ccccc32)(c2ccccc2)c2ccccc2Cl)cc1. The molecular weight excluding hydrogens is 798 g/mol. The molecule has 0 radical (unpaired) electrons. The predicted molar refractivity (Wildman–Crippen MR) is 208 cm³/mol. The van der Waals surface area contributed by atoms with Gasteiger partial charge < -0.3 is 14.4 Å². The fourth-order valence-electron chi connectivity index (χ4n) is 7.81. The molecule has 1 unspecified atom stereocenters. The minimum Gasteiger partial charge on any atom is -0.448 e. The van der Waals surface area contributed by atoms with Gasteiger partial charge in [-0.2, -0.15) is 26.3 Å². The summed E-state index contributed by atoms with van der Waals surface area (Å²) in [5.41, 5.74) is 3.62. The van der Waals surface area contributed by atoms with E-state index in [9.17, 15) is 40.7 Å². The van der Waals surface area contributed by atoms with Gasteiger partial charge in [-0.1, -0.05) is 138 Å². The Morgan fingerprint density at radius 2 is 1.25 bits per heavy atom. The number of halogens is 7. The van der Waals surface area contributed by atoms with Gasteiger partial charge >= 0.3 is 29.8 Å². The molecule has 5 aromatic rings. The maximum absolute atomic E-state index is 14.7. The number of hydrogen-bond donors (Lipinski definition) is 0. The van der Waals surface area contributed by atoms with Crippen LogP contribution in [0, 0.1) is 6.92 Å². The summed E-state index contributed by atoms with van der Waals surface area (Å²) < 4.78 is 99.5. The Hall–Kier alpha value is -5.82. The Bertz CT molecular complexity index is 2320. The highest BCUT2D eigenvalue weighted by Crippen LogP contribution is 2.50. The minimum atomic E-state index is -5.79. The smallest absolute Gasteiger partial charge is 0.410 e. The quantitative estimate of drug-likeness (QED) is 0.0796. The molecule has 2 aliphatic rings. The number of likely N-dealkylation sites (tertiary alicyclic amines) is 1. The van der Waals surface area contributed by atoms with Crippen molar-refractivity contribution >= 4 is 29.6 Å². The highest BCUT2D eigenvalue weighted by molar-refractivity contribution is 6.31. The maximum atomic E-state index is 14.7. The second-order valence-corrected chi connectivity index (χ2v) is 15.1. The average molecular weight is 835 g/mol. The first-order chi connectivity index (χ1) is 28.0. The Morgan fingerprint density at radius 3 is 1.83 bits per heavy atom. The molecule has 1 aliphatic heterocycles. The van der Waals surface area contributed by atoms with Crippen LogP contribution in [-0.4, -0.2) is 78.3 Å². The predicted octanol–water partition coefficient (Wildman–Crippen LogP) is 9.87. The summed E-state index contributed by atoms with van der Waals surface area (Å²) in [6.07, 6.45) is -2.33. The average Bonchev–Trinajstić information content (AvgIpc) is 3.54. The molecular formula is C45H37ClF6N2O5. The van der Waals surface area contributed by atoms with Gasteiger partial charge in [0.25, 0.3) is 0 Å². The summed E-state index contributed by atoms with van der Waals surface area (Å²) in [5.74, 6) is -19.8. The first kappa shape index (κ1) is 41.3. The van der Waals surface area contributed by atoms with Gasteiger partial charge in [0.15, 0.2) is 5.60 Å². The number of benzene rings is 5. The first-order valence-corrected chi connectivity index (χ1v) is 19.0. The molecule has 306 valence electrons. The van der Waals surface area contributed by atoms with Crippen molar-refractivity contribution in [2.24, 2.45) is 0 Å². The molecule has 2 amide bonds. The van der Waals surface area contributed by atoms with Crippen molar-refractivity contribution in [3.05, 3.63) is 166 Å². The number of ether oxygens (including phenoxy) is 2. The summed E-state index contributed by atoms with van der Waals surface area (Å²) in [7, 11) is 1.02. The molecule has 7 nitrogen and oxygen atoms in total. The van der Waals surface area contributed by atoms with E-state index in [0.29, 0.717) is 16.0 Å². The number of esters is 1. The van der Waals surface area contributed by atoms with Crippen molar-refractivity contribution in [1.29, 1.82) is 0 Å². The van der Waals surface area contributed by atoms with Crippen LogP contribution in [0.25, 0.3) is 11.1 Å². The third-order valence-electron chi connectivity index (χ3n) is 10.9. The van der Waals surface area contributed by atoms with Crippen LogP contribution >= 0.6 is 11.6 Å². The molecule has 0 N–H and O–H groups in total. The number of likely N-dealkylation sites (N-methyl/N-ethyl adjacent to an activating group) is 1. The first-order valence-electron chi connectivity index (χ1n) is 18.6. The molecule has 0 aromatic heterocycles. The second kappa shape index (κ2) is 15.7. The van der Waals surface area contributed by atoms with Crippen molar-refractivity contribution in [2.75, 3.05) is 26.7 Å². The molecule has 14 heteroatoms. The van der Waals surface area contributed by atoms with Crippen molar-refractivity contribution in [3.63, 3.8) is 0 Å². The topological polar surface area (TPSA) is 76.2 Å². The van der Waals surface area contributed by atoms with E-state index in [2.05, 4.69) is 0 Å². The summed E-state index contributed by atoms with van der Waals surface area (Å²) in [5, 5.41) is 0.173. The normalized spacial score (nSPS) is 17.8. The Morgan fingerprint density at radius 1 is 0.746 bits per heavy atom. The number of carbonyl (C=O) groups excluding carboxylic acids is 3. The molecule has 5 aromatic carbocycles. The van der Waals surface area contributed by atoms with Gasteiger partial charge in [-0.05, 0) is 35.2 Å². The lowest BCUT2D eigenvalue weighted by Crippen LogP contribution is -2.69. The lowest BCUT2D eigenvalue weighted by Gasteiger charge is -2.44. The number of fused-ring (bicyclic) bond motifs is 3.